The van der Waals surface area contributed by atoms with Crippen LogP contribution in [0.4, 0.5) is 0 Å². The molecule has 47 heavy (non-hydrogen) atoms. The first-order chi connectivity index (χ1) is 22.7. The van der Waals surface area contributed by atoms with Gasteiger partial charge in [0.25, 0.3) is 12.7 Å². The standard InChI is InChI=1S/2C15H11N2.C8H7N4.Ir/c2*1-3-7-14(8-4-1)16-11-12-17(13-16)15-9-5-2-6-10-15;1-6-10-8(12-11-6)7-4-2-3-5-9-7;/h2*1-9,11-12H;2-5H,1H3;/q3*-1;. The van der Waals surface area contributed by atoms with Crippen molar-refractivity contribution in [2.75, 3.05) is 0 Å². The topological polar surface area (TPSA) is 70.4 Å². The Balaban J connectivity index is 0.000000139. The average molecular weight is 790 g/mol. The Morgan fingerprint density at radius 1 is 0.617 bits per heavy atom. The van der Waals surface area contributed by atoms with Gasteiger partial charge in [-0.1, -0.05) is 42.5 Å². The van der Waals surface area contributed by atoms with Crippen LogP contribution in [0.25, 0.3) is 34.3 Å². The first-order valence-corrected chi connectivity index (χ1v) is 14.6. The van der Waals surface area contributed by atoms with Gasteiger partial charge in [0, 0.05) is 56.9 Å². The van der Waals surface area contributed by atoms with E-state index >= 15 is 0 Å². The van der Waals surface area contributed by atoms with Crippen LogP contribution >= 0.6 is 0 Å². The second kappa shape index (κ2) is 16.5. The smallest absolute Gasteiger partial charge is 0.267 e. The third kappa shape index (κ3) is 8.92. The van der Waals surface area contributed by atoms with Gasteiger partial charge in [0.15, 0.2) is 0 Å². The number of rotatable bonds is 5. The molecule has 1 radical (unpaired) electrons. The Kier molecular flexibility index (Phi) is 11.5. The van der Waals surface area contributed by atoms with E-state index in [1.807, 2.05) is 146 Å². The van der Waals surface area contributed by atoms with Crippen LogP contribution in [0.15, 0.2) is 158 Å². The number of imidazole rings is 2. The van der Waals surface area contributed by atoms with Gasteiger partial charge in [0.05, 0.1) is 17.1 Å². The SMILES string of the molecule is Cc1n[n-]c(-c2ccccn2)n1.[Ir].[c-]1ccccc1-n1[c-][n+](-c2ccccc2)cc1.[c-]1ccccc1-n1[c-][n+](-c2ccccc2)cc1. The maximum Gasteiger partial charge on any atom is 0.267 e. The van der Waals surface area contributed by atoms with Crippen molar-refractivity contribution >= 4 is 0 Å². The third-order valence-electron chi connectivity index (χ3n) is 6.58. The molecule has 0 spiro atoms. The molecule has 0 aliphatic carbocycles. The fourth-order valence-electron chi connectivity index (χ4n) is 4.35. The number of hydrogen-bond donors (Lipinski definition) is 0. The maximum atomic E-state index is 4.10. The van der Waals surface area contributed by atoms with Crippen molar-refractivity contribution in [1.29, 1.82) is 0 Å². The molecule has 0 unspecified atom stereocenters. The van der Waals surface area contributed by atoms with Crippen LogP contribution in [-0.4, -0.2) is 24.2 Å². The Morgan fingerprint density at radius 3 is 1.55 bits per heavy atom. The van der Waals surface area contributed by atoms with Gasteiger partial charge < -0.3 is 19.2 Å². The molecule has 8 nitrogen and oxygen atoms in total. The van der Waals surface area contributed by atoms with Gasteiger partial charge in [-0.05, 0) is 60.5 Å². The molecule has 4 aromatic heterocycles. The van der Waals surface area contributed by atoms with Gasteiger partial charge in [-0.25, -0.2) is 0 Å². The van der Waals surface area contributed by atoms with Gasteiger partial charge in [0.2, 0.25) is 0 Å². The average Bonchev–Trinajstić information content (AvgIpc) is 3.93. The van der Waals surface area contributed by atoms with E-state index in [2.05, 4.69) is 69.2 Å². The largest absolute Gasteiger partial charge is 0.421 e. The minimum atomic E-state index is 0. The predicted octanol–water partition coefficient (Wildman–Crippen LogP) is 5.51. The zero-order valence-corrected chi connectivity index (χ0v) is 27.8. The third-order valence-corrected chi connectivity index (χ3v) is 6.58. The first kappa shape index (κ1) is 32.6. The number of aromatic nitrogens is 8. The van der Waals surface area contributed by atoms with Crippen molar-refractivity contribution in [2.24, 2.45) is 0 Å². The van der Waals surface area contributed by atoms with Crippen molar-refractivity contribution in [3.05, 3.63) is 189 Å². The summed E-state index contributed by atoms with van der Waals surface area (Å²) in [6, 6.07) is 47.9. The van der Waals surface area contributed by atoms with Crippen LogP contribution < -0.4 is 14.2 Å². The molecule has 0 fully saturated rings. The Bertz CT molecular complexity index is 1820. The first-order valence-electron chi connectivity index (χ1n) is 14.6. The second-order valence-corrected chi connectivity index (χ2v) is 9.84. The molecular formula is C38H29IrN8-3. The van der Waals surface area contributed by atoms with Crippen molar-refractivity contribution < 1.29 is 29.2 Å². The molecule has 0 aliphatic rings. The van der Waals surface area contributed by atoms with Gasteiger partial charge in [-0.2, -0.15) is 60.7 Å². The van der Waals surface area contributed by atoms with Crippen molar-refractivity contribution in [3.63, 3.8) is 0 Å². The molecule has 0 saturated heterocycles. The van der Waals surface area contributed by atoms with Gasteiger partial charge in [-0.15, -0.1) is 0 Å². The zero-order chi connectivity index (χ0) is 31.4. The van der Waals surface area contributed by atoms with Crippen LogP contribution in [0.2, 0.25) is 0 Å². The summed E-state index contributed by atoms with van der Waals surface area (Å²) in [6.45, 7) is 1.80. The number of hydrogen-bond acceptors (Lipinski definition) is 3. The summed E-state index contributed by atoms with van der Waals surface area (Å²) in [7, 11) is 0. The van der Waals surface area contributed by atoms with E-state index in [1.54, 1.807) is 13.1 Å². The molecule has 233 valence electrons. The molecule has 0 atom stereocenters. The van der Waals surface area contributed by atoms with Crippen LogP contribution in [0.1, 0.15) is 5.82 Å². The van der Waals surface area contributed by atoms with E-state index in [-0.39, 0.29) is 20.1 Å². The number of pyridine rings is 1. The Labute approximate surface area is 287 Å². The van der Waals surface area contributed by atoms with E-state index in [9.17, 15) is 0 Å². The van der Waals surface area contributed by atoms with Crippen LogP contribution in [0.3, 0.4) is 0 Å². The molecular weight excluding hydrogens is 761 g/mol. The Hall–Kier alpha value is -5.76. The normalized spacial score (nSPS) is 10.1. The molecule has 0 N–H and O–H groups in total. The van der Waals surface area contributed by atoms with E-state index < -0.39 is 0 Å². The number of aryl methyl sites for hydroxylation is 1. The quantitative estimate of drug-likeness (QED) is 0.171. The van der Waals surface area contributed by atoms with Crippen molar-refractivity contribution in [2.45, 2.75) is 6.92 Å². The molecule has 4 heterocycles. The van der Waals surface area contributed by atoms with E-state index in [4.69, 9.17) is 0 Å². The minimum Gasteiger partial charge on any atom is -0.421 e. The van der Waals surface area contributed by atoms with E-state index in [1.165, 1.54) is 0 Å². The molecule has 8 rings (SSSR count). The van der Waals surface area contributed by atoms with E-state index in [0.29, 0.717) is 11.6 Å². The van der Waals surface area contributed by atoms with Crippen molar-refractivity contribution in [3.8, 4) is 34.3 Å². The summed E-state index contributed by atoms with van der Waals surface area (Å²) < 4.78 is 7.77. The number of benzene rings is 4. The Morgan fingerprint density at radius 2 is 1.13 bits per heavy atom. The summed E-state index contributed by atoms with van der Waals surface area (Å²) in [4.78, 5) is 8.19. The minimum absolute atomic E-state index is 0. The summed E-state index contributed by atoms with van der Waals surface area (Å²) in [5, 5.41) is 7.65. The van der Waals surface area contributed by atoms with Gasteiger partial charge in [-0.3, -0.25) is 19.2 Å². The van der Waals surface area contributed by atoms with Crippen LogP contribution in [0, 0.1) is 31.7 Å². The second-order valence-electron chi connectivity index (χ2n) is 9.84. The molecule has 0 aliphatic heterocycles. The molecule has 4 aromatic carbocycles. The number of para-hydroxylation sites is 4. The van der Waals surface area contributed by atoms with Gasteiger partial charge >= 0.3 is 0 Å². The fourth-order valence-corrected chi connectivity index (χ4v) is 4.35. The monoisotopic (exact) mass is 790 g/mol. The summed E-state index contributed by atoms with van der Waals surface area (Å²) >= 11 is 0. The molecule has 0 bridgehead atoms. The van der Waals surface area contributed by atoms with Crippen LogP contribution in [-0.2, 0) is 20.1 Å². The van der Waals surface area contributed by atoms with Crippen molar-refractivity contribution in [1.82, 2.24) is 29.3 Å². The molecule has 9 heteroatoms. The summed E-state index contributed by atoms with van der Waals surface area (Å²) in [6.07, 6.45) is 16.1. The van der Waals surface area contributed by atoms with Crippen LogP contribution in [0.5, 0.6) is 0 Å². The maximum absolute atomic E-state index is 4.10. The predicted molar refractivity (Wildman–Crippen MR) is 173 cm³/mol. The molecule has 0 saturated carbocycles. The van der Waals surface area contributed by atoms with E-state index in [0.717, 1.165) is 28.4 Å². The van der Waals surface area contributed by atoms with Gasteiger partial charge in [0.1, 0.15) is 0 Å². The fraction of sp³-hybridized carbons (Fsp3) is 0.0263. The summed E-state index contributed by atoms with van der Waals surface area (Å²) in [5.74, 6) is 1.27. The number of nitrogens with zero attached hydrogens (tertiary/aromatic N) is 8. The summed E-state index contributed by atoms with van der Waals surface area (Å²) in [5.41, 5.74) is 4.94. The zero-order valence-electron chi connectivity index (χ0n) is 25.4. The molecule has 0 amide bonds. The molecule has 8 aromatic rings.